The molecular weight excluding hydrogens is 625 g/mol. The van der Waals surface area contributed by atoms with E-state index in [1.807, 2.05) is 63.5 Å². The minimum absolute atomic E-state index is 0.0815. The van der Waals surface area contributed by atoms with Crippen molar-refractivity contribution in [3.8, 4) is 23.0 Å². The van der Waals surface area contributed by atoms with Crippen LogP contribution in [-0.2, 0) is 18.4 Å². The number of rotatable bonds is 13. The molecule has 0 saturated heterocycles. The Balaban J connectivity index is 2.84. The van der Waals surface area contributed by atoms with E-state index >= 15 is 0 Å². The van der Waals surface area contributed by atoms with Gasteiger partial charge in [-0.25, -0.2) is 9.59 Å². The molecule has 0 saturated carbocycles. The molecule has 0 N–H and O–H groups in total. The van der Waals surface area contributed by atoms with Gasteiger partial charge in [-0.2, -0.15) is 0 Å². The van der Waals surface area contributed by atoms with Gasteiger partial charge >= 0.3 is 11.9 Å². The number of benzene rings is 2. The lowest BCUT2D eigenvalue weighted by Crippen LogP contribution is -2.33. The fraction of sp³-hybridized carbons (Fsp3) is 0.438. The van der Waals surface area contributed by atoms with E-state index in [1.54, 1.807) is 38.5 Å². The molecule has 2 aromatic rings. The van der Waals surface area contributed by atoms with Gasteiger partial charge in [0.05, 0.1) is 25.4 Å². The lowest BCUT2D eigenvalue weighted by molar-refractivity contribution is -0.134. The Morgan fingerprint density at radius 3 is 1.07 bits per heavy atom. The topological polar surface area (TPSA) is 89.5 Å². The standard InChI is InChI=1S/C32H50O8Si4/c1-35-29-21-23(15-17-27(29)37-41(3,4)5)19-25(31(33)39-43(9,10)11)26(32(34)40-44(12,13)14)20-24-16-18-28(30(22-24)36-2)38-42(6,7)8/h15-22H,1-14H3/b25-19+,26-20+. The smallest absolute Gasteiger partial charge is 0.325 e. The summed E-state index contributed by atoms with van der Waals surface area (Å²) in [5, 5.41) is 0. The normalized spacial score (nSPS) is 13.2. The van der Waals surface area contributed by atoms with Crippen molar-refractivity contribution in [1.82, 2.24) is 0 Å². The van der Waals surface area contributed by atoms with Crippen molar-refractivity contribution >= 4 is 57.4 Å². The molecule has 0 spiro atoms. The number of carbonyl (C=O) groups is 2. The largest absolute Gasteiger partial charge is 0.542 e. The zero-order valence-corrected chi connectivity index (χ0v) is 32.9. The van der Waals surface area contributed by atoms with Gasteiger partial charge in [-0.05, 0) is 126 Å². The van der Waals surface area contributed by atoms with Crippen LogP contribution in [-0.4, -0.2) is 59.4 Å². The molecular formula is C32H50O8Si4. The summed E-state index contributed by atoms with van der Waals surface area (Å²) in [6.45, 7) is 24.0. The SMILES string of the molecule is COc1cc(/C=C(C(=O)O[Si](C)(C)C)\C(=C/c2ccc(O[Si](C)(C)C)c(OC)c2)C(=O)O[Si](C)(C)C)ccc1O[Si](C)(C)C. The van der Waals surface area contributed by atoms with Gasteiger partial charge in [-0.1, -0.05) is 12.1 Å². The molecule has 0 heterocycles. The Kier molecular flexibility index (Phi) is 12.1. The van der Waals surface area contributed by atoms with E-state index in [1.165, 1.54) is 0 Å². The first-order chi connectivity index (χ1) is 20.0. The van der Waals surface area contributed by atoms with E-state index in [-0.39, 0.29) is 11.1 Å². The molecule has 0 fully saturated rings. The Bertz CT molecular complexity index is 1300. The summed E-state index contributed by atoms with van der Waals surface area (Å²) in [5.41, 5.74) is 1.43. The van der Waals surface area contributed by atoms with Crippen LogP contribution in [0.4, 0.5) is 0 Å². The summed E-state index contributed by atoms with van der Waals surface area (Å²) < 4.78 is 35.5. The summed E-state index contributed by atoms with van der Waals surface area (Å²) in [4.78, 5) is 27.6. The van der Waals surface area contributed by atoms with Gasteiger partial charge in [-0.15, -0.1) is 0 Å². The van der Waals surface area contributed by atoms with Crippen molar-refractivity contribution in [3.63, 3.8) is 0 Å². The Hall–Kier alpha value is -3.07. The second kappa shape index (κ2) is 14.4. The van der Waals surface area contributed by atoms with Crippen molar-refractivity contribution in [3.05, 3.63) is 58.7 Å². The maximum absolute atomic E-state index is 13.8. The Morgan fingerprint density at radius 2 is 0.818 bits per heavy atom. The number of methoxy groups -OCH3 is 2. The van der Waals surface area contributed by atoms with E-state index in [4.69, 9.17) is 27.2 Å². The van der Waals surface area contributed by atoms with E-state index < -0.39 is 45.2 Å². The third-order valence-electron chi connectivity index (χ3n) is 5.36. The third kappa shape index (κ3) is 12.5. The fourth-order valence-corrected chi connectivity index (χ4v) is 6.86. The highest BCUT2D eigenvalue weighted by molar-refractivity contribution is 6.72. The van der Waals surface area contributed by atoms with Crippen LogP contribution in [0.3, 0.4) is 0 Å². The Morgan fingerprint density at radius 1 is 0.500 bits per heavy atom. The van der Waals surface area contributed by atoms with Crippen LogP contribution < -0.4 is 18.3 Å². The molecule has 2 rings (SSSR count). The number of ether oxygens (including phenoxy) is 2. The molecule has 0 unspecified atom stereocenters. The van der Waals surface area contributed by atoms with Crippen LogP contribution in [0.25, 0.3) is 12.2 Å². The van der Waals surface area contributed by atoms with Crippen molar-refractivity contribution in [2.45, 2.75) is 78.6 Å². The molecule has 8 nitrogen and oxygen atoms in total. The molecule has 0 atom stereocenters. The molecule has 0 amide bonds. The predicted molar refractivity (Wildman–Crippen MR) is 189 cm³/mol. The van der Waals surface area contributed by atoms with E-state index in [2.05, 4.69) is 39.3 Å². The summed E-state index contributed by atoms with van der Waals surface area (Å²) >= 11 is 0. The minimum atomic E-state index is -2.35. The van der Waals surface area contributed by atoms with Crippen LogP contribution in [0, 0.1) is 0 Å². The second-order valence-corrected chi connectivity index (χ2v) is 32.1. The first-order valence-electron chi connectivity index (χ1n) is 14.6. The van der Waals surface area contributed by atoms with Crippen molar-refractivity contribution in [2.75, 3.05) is 14.2 Å². The molecule has 0 bridgehead atoms. The minimum Gasteiger partial charge on any atom is -0.542 e. The summed E-state index contributed by atoms with van der Waals surface area (Å²) in [7, 11) is -5.39. The molecule has 0 aliphatic carbocycles. The average Bonchev–Trinajstić information content (AvgIpc) is 2.83. The van der Waals surface area contributed by atoms with Gasteiger partial charge in [0.1, 0.15) is 11.5 Å². The highest BCUT2D eigenvalue weighted by Crippen LogP contribution is 2.34. The molecule has 0 aliphatic rings. The average molecular weight is 675 g/mol. The maximum atomic E-state index is 13.8. The van der Waals surface area contributed by atoms with E-state index in [9.17, 15) is 9.59 Å². The van der Waals surface area contributed by atoms with Crippen LogP contribution in [0.2, 0.25) is 78.6 Å². The molecule has 2 aromatic carbocycles. The monoisotopic (exact) mass is 674 g/mol. The maximum Gasteiger partial charge on any atom is 0.325 e. The lowest BCUT2D eigenvalue weighted by Gasteiger charge is -2.23. The molecule has 0 aromatic heterocycles. The zero-order chi connectivity index (χ0) is 33.7. The summed E-state index contributed by atoms with van der Waals surface area (Å²) in [6, 6.07) is 10.8. The third-order valence-corrected chi connectivity index (χ3v) is 8.62. The predicted octanol–water partition coefficient (Wildman–Crippen LogP) is 8.35. The number of hydrogen-bond acceptors (Lipinski definition) is 8. The van der Waals surface area contributed by atoms with E-state index in [0.717, 1.165) is 0 Å². The molecule has 0 radical (unpaired) electrons. The highest BCUT2D eigenvalue weighted by Gasteiger charge is 2.31. The Labute approximate surface area is 267 Å². The van der Waals surface area contributed by atoms with Gasteiger partial charge < -0.3 is 27.2 Å². The summed E-state index contributed by atoms with van der Waals surface area (Å²) in [6.07, 6.45) is 3.28. The molecule has 44 heavy (non-hydrogen) atoms. The molecule has 0 aliphatic heterocycles. The molecule has 242 valence electrons. The van der Waals surface area contributed by atoms with Gasteiger partial charge in [0.2, 0.25) is 33.3 Å². The van der Waals surface area contributed by atoms with Crippen LogP contribution >= 0.6 is 0 Å². The number of carbonyl (C=O) groups excluding carboxylic acids is 2. The van der Waals surface area contributed by atoms with Crippen molar-refractivity contribution in [1.29, 1.82) is 0 Å². The highest BCUT2D eigenvalue weighted by atomic mass is 28.4. The van der Waals surface area contributed by atoms with Gasteiger partial charge in [-0.3, -0.25) is 0 Å². The van der Waals surface area contributed by atoms with Gasteiger partial charge in [0.15, 0.2) is 11.5 Å². The van der Waals surface area contributed by atoms with Crippen LogP contribution in [0.15, 0.2) is 47.5 Å². The fourth-order valence-electron chi connectivity index (χ4n) is 3.87. The quantitative estimate of drug-likeness (QED) is 0.119. The zero-order valence-electron chi connectivity index (χ0n) is 28.9. The van der Waals surface area contributed by atoms with Crippen molar-refractivity contribution < 1.29 is 36.8 Å². The van der Waals surface area contributed by atoms with E-state index in [0.29, 0.717) is 34.1 Å². The summed E-state index contributed by atoms with van der Waals surface area (Å²) in [5.74, 6) is 1.09. The first-order valence-corrected chi connectivity index (χ1v) is 28.3. The lowest BCUT2D eigenvalue weighted by atomic mass is 10.00. The van der Waals surface area contributed by atoms with Crippen LogP contribution in [0.1, 0.15) is 11.1 Å². The van der Waals surface area contributed by atoms with Crippen molar-refractivity contribution in [2.24, 2.45) is 0 Å². The second-order valence-electron chi connectivity index (χ2n) is 14.4. The van der Waals surface area contributed by atoms with Gasteiger partial charge in [0, 0.05) is 0 Å². The van der Waals surface area contributed by atoms with Gasteiger partial charge in [0.25, 0.3) is 0 Å². The first kappa shape index (κ1) is 37.1. The molecule has 12 heteroatoms. The number of hydrogen-bond donors (Lipinski definition) is 0. The van der Waals surface area contributed by atoms with Crippen LogP contribution in [0.5, 0.6) is 23.0 Å².